The highest BCUT2D eigenvalue weighted by atomic mass is 35.5. The van der Waals surface area contributed by atoms with Crippen LogP contribution in [0.3, 0.4) is 0 Å². The largest absolute Gasteiger partial charge is 0.376 e. The number of fused-ring (bicyclic) bond motifs is 1. The molecule has 192 valence electrons. The second-order valence-electron chi connectivity index (χ2n) is 9.44. The summed E-state index contributed by atoms with van der Waals surface area (Å²) >= 11 is 7.88. The molecule has 0 spiro atoms. The molecular weight excluding hydrogens is 504 g/mol. The number of hydrogen-bond donors (Lipinski definition) is 0. The first-order valence-electron chi connectivity index (χ1n) is 12.6. The quantitative estimate of drug-likeness (QED) is 0.233. The van der Waals surface area contributed by atoms with Crippen molar-refractivity contribution in [3.8, 4) is 11.3 Å². The van der Waals surface area contributed by atoms with E-state index in [-0.39, 0.29) is 12.0 Å². The normalized spacial score (nSPS) is 15.4. The van der Waals surface area contributed by atoms with Crippen LogP contribution in [-0.2, 0) is 22.6 Å². The number of aryl methyl sites for hydroxylation is 2. The number of pyridine rings is 1. The fourth-order valence-corrected chi connectivity index (χ4v) is 5.31. The Hall–Kier alpha value is -2.87. The third kappa shape index (κ3) is 6.35. The minimum Gasteiger partial charge on any atom is -0.376 e. The number of amides is 1. The molecule has 1 fully saturated rings. The fraction of sp³-hybridized carbons (Fsp3) is 0.345. The number of carbonyl (C=O) groups excluding carboxylic acids is 1. The van der Waals surface area contributed by atoms with Crippen LogP contribution in [0.15, 0.2) is 65.7 Å². The first kappa shape index (κ1) is 25.8. The number of benzene rings is 2. The third-order valence-corrected chi connectivity index (χ3v) is 7.69. The molecule has 0 bridgehead atoms. The zero-order chi connectivity index (χ0) is 25.8. The standard InChI is InChI=1S/C29H31ClN4O2S/c1-20-11-13-34(32-20)14-12-28(35)33(19-25-4-3-15-36-25)18-23-16-22-7-10-26(37-2)17-27(22)31-29(23)21-5-8-24(30)9-6-21/h5-11,13,16-17,25H,3-4,12,14-15,18-19H2,1-2H3. The number of aromatic nitrogens is 3. The third-order valence-electron chi connectivity index (χ3n) is 6.71. The maximum atomic E-state index is 13.5. The van der Waals surface area contributed by atoms with Gasteiger partial charge in [-0.2, -0.15) is 5.10 Å². The van der Waals surface area contributed by atoms with Gasteiger partial charge >= 0.3 is 0 Å². The fourth-order valence-electron chi connectivity index (χ4n) is 4.75. The molecule has 8 heteroatoms. The van der Waals surface area contributed by atoms with E-state index in [4.69, 9.17) is 21.3 Å². The first-order chi connectivity index (χ1) is 18.0. The zero-order valence-electron chi connectivity index (χ0n) is 21.2. The lowest BCUT2D eigenvalue weighted by Crippen LogP contribution is -2.37. The van der Waals surface area contributed by atoms with Gasteiger partial charge in [-0.25, -0.2) is 4.98 Å². The summed E-state index contributed by atoms with van der Waals surface area (Å²) in [6.45, 7) is 4.29. The van der Waals surface area contributed by atoms with Gasteiger partial charge in [-0.3, -0.25) is 9.48 Å². The first-order valence-corrected chi connectivity index (χ1v) is 14.2. The molecule has 0 aliphatic carbocycles. The van der Waals surface area contributed by atoms with Crippen molar-refractivity contribution >= 4 is 40.2 Å². The van der Waals surface area contributed by atoms with Crippen LogP contribution >= 0.6 is 23.4 Å². The SMILES string of the molecule is CSc1ccc2cc(CN(CC3CCCO3)C(=O)CCn3ccc(C)n3)c(-c3ccc(Cl)cc3)nc2c1. The van der Waals surface area contributed by atoms with E-state index in [9.17, 15) is 4.79 Å². The Kier molecular flexibility index (Phi) is 8.13. The van der Waals surface area contributed by atoms with Crippen molar-refractivity contribution < 1.29 is 9.53 Å². The molecule has 0 saturated carbocycles. The van der Waals surface area contributed by atoms with Crippen LogP contribution in [0.25, 0.3) is 22.2 Å². The van der Waals surface area contributed by atoms with E-state index < -0.39 is 0 Å². The second-order valence-corrected chi connectivity index (χ2v) is 10.8. The lowest BCUT2D eigenvalue weighted by molar-refractivity contribution is -0.133. The lowest BCUT2D eigenvalue weighted by Gasteiger charge is -2.27. The van der Waals surface area contributed by atoms with E-state index in [1.54, 1.807) is 11.8 Å². The highest BCUT2D eigenvalue weighted by Gasteiger charge is 2.24. The molecule has 4 aromatic rings. The highest BCUT2D eigenvalue weighted by molar-refractivity contribution is 7.98. The van der Waals surface area contributed by atoms with Gasteiger partial charge in [-0.1, -0.05) is 29.8 Å². The molecule has 1 unspecified atom stereocenters. The van der Waals surface area contributed by atoms with Crippen molar-refractivity contribution in [3.63, 3.8) is 0 Å². The summed E-state index contributed by atoms with van der Waals surface area (Å²) < 4.78 is 7.75. The summed E-state index contributed by atoms with van der Waals surface area (Å²) in [6.07, 6.45) is 6.43. The molecule has 1 atom stereocenters. The molecule has 0 radical (unpaired) electrons. The van der Waals surface area contributed by atoms with Crippen LogP contribution in [0.2, 0.25) is 5.02 Å². The Bertz CT molecular complexity index is 1380. The minimum atomic E-state index is 0.0624. The van der Waals surface area contributed by atoms with Gasteiger partial charge in [0.2, 0.25) is 5.91 Å². The summed E-state index contributed by atoms with van der Waals surface area (Å²) in [5.74, 6) is 0.0866. The van der Waals surface area contributed by atoms with Crippen LogP contribution < -0.4 is 0 Å². The van der Waals surface area contributed by atoms with E-state index in [1.807, 2.05) is 53.0 Å². The molecule has 1 aliphatic heterocycles. The predicted molar refractivity (Wildman–Crippen MR) is 150 cm³/mol. The van der Waals surface area contributed by atoms with Crippen molar-refractivity contribution in [3.05, 3.63) is 77.1 Å². The number of nitrogens with zero attached hydrogens (tertiary/aromatic N) is 4. The summed E-state index contributed by atoms with van der Waals surface area (Å²) in [5.41, 5.74) is 4.74. The van der Waals surface area contributed by atoms with Gasteiger partial charge in [0, 0.05) is 59.7 Å². The summed E-state index contributed by atoms with van der Waals surface area (Å²) in [5, 5.41) is 6.17. The number of thioether (sulfide) groups is 1. The average Bonchev–Trinajstić information content (AvgIpc) is 3.58. The predicted octanol–water partition coefficient (Wildman–Crippen LogP) is 6.38. The lowest BCUT2D eigenvalue weighted by atomic mass is 10.0. The molecule has 6 nitrogen and oxygen atoms in total. The van der Waals surface area contributed by atoms with Gasteiger partial charge < -0.3 is 9.64 Å². The van der Waals surface area contributed by atoms with Crippen molar-refractivity contribution in [2.75, 3.05) is 19.4 Å². The van der Waals surface area contributed by atoms with Crippen LogP contribution in [0.4, 0.5) is 0 Å². The minimum absolute atomic E-state index is 0.0624. The molecule has 2 aromatic carbocycles. The molecule has 1 amide bonds. The van der Waals surface area contributed by atoms with Crippen LogP contribution in [0, 0.1) is 6.92 Å². The molecule has 37 heavy (non-hydrogen) atoms. The molecule has 5 rings (SSSR count). The van der Waals surface area contributed by atoms with Crippen molar-refractivity contribution in [1.82, 2.24) is 19.7 Å². The second kappa shape index (κ2) is 11.7. The average molecular weight is 535 g/mol. The number of ether oxygens (including phenoxy) is 1. The maximum Gasteiger partial charge on any atom is 0.224 e. The molecule has 2 aromatic heterocycles. The van der Waals surface area contributed by atoms with E-state index in [1.165, 1.54) is 4.90 Å². The molecular formula is C29H31ClN4O2S. The Morgan fingerprint density at radius 3 is 2.73 bits per heavy atom. The van der Waals surface area contributed by atoms with Crippen molar-refractivity contribution in [2.24, 2.45) is 0 Å². The topological polar surface area (TPSA) is 60.2 Å². The van der Waals surface area contributed by atoms with Crippen molar-refractivity contribution in [2.45, 2.75) is 50.3 Å². The summed E-state index contributed by atoms with van der Waals surface area (Å²) in [4.78, 5) is 21.7. The van der Waals surface area contributed by atoms with E-state index in [0.717, 1.165) is 52.9 Å². The number of rotatable bonds is 9. The van der Waals surface area contributed by atoms with Gasteiger partial charge in [0.05, 0.1) is 23.0 Å². The maximum absolute atomic E-state index is 13.5. The number of carbonyl (C=O) groups is 1. The Morgan fingerprint density at radius 1 is 1.19 bits per heavy atom. The van der Waals surface area contributed by atoms with E-state index >= 15 is 0 Å². The summed E-state index contributed by atoms with van der Waals surface area (Å²) in [6, 6.07) is 18.2. The van der Waals surface area contributed by atoms with Crippen LogP contribution in [0.5, 0.6) is 0 Å². The van der Waals surface area contributed by atoms with Gasteiger partial charge in [-0.15, -0.1) is 11.8 Å². The van der Waals surface area contributed by atoms with E-state index in [0.29, 0.717) is 31.1 Å². The number of halogens is 1. The van der Waals surface area contributed by atoms with Crippen LogP contribution in [0.1, 0.15) is 30.5 Å². The number of hydrogen-bond acceptors (Lipinski definition) is 5. The van der Waals surface area contributed by atoms with Crippen molar-refractivity contribution in [1.29, 1.82) is 0 Å². The Balaban J connectivity index is 1.48. The summed E-state index contributed by atoms with van der Waals surface area (Å²) in [7, 11) is 0. The van der Waals surface area contributed by atoms with Crippen LogP contribution in [-0.4, -0.2) is 51.1 Å². The van der Waals surface area contributed by atoms with Gasteiger partial charge in [0.1, 0.15) is 0 Å². The molecule has 0 N–H and O–H groups in total. The van der Waals surface area contributed by atoms with Gasteiger partial charge in [0.15, 0.2) is 0 Å². The Morgan fingerprint density at radius 2 is 2.03 bits per heavy atom. The molecule has 3 heterocycles. The Labute approximate surface area is 227 Å². The smallest absolute Gasteiger partial charge is 0.224 e. The highest BCUT2D eigenvalue weighted by Crippen LogP contribution is 2.30. The van der Waals surface area contributed by atoms with Gasteiger partial charge in [-0.05, 0) is 68.0 Å². The van der Waals surface area contributed by atoms with Gasteiger partial charge in [0.25, 0.3) is 0 Å². The zero-order valence-corrected chi connectivity index (χ0v) is 22.8. The monoisotopic (exact) mass is 534 g/mol. The van der Waals surface area contributed by atoms with E-state index in [2.05, 4.69) is 35.6 Å². The molecule has 1 saturated heterocycles. The molecule has 1 aliphatic rings.